The van der Waals surface area contributed by atoms with E-state index in [-0.39, 0.29) is 18.4 Å². The van der Waals surface area contributed by atoms with E-state index in [2.05, 4.69) is 4.90 Å². The molecular formula is C18H24N2O5. The summed E-state index contributed by atoms with van der Waals surface area (Å²) in [7, 11) is 1.57. The number of para-hydroxylation sites is 1. The lowest BCUT2D eigenvalue weighted by Crippen LogP contribution is -2.44. The van der Waals surface area contributed by atoms with Crippen LogP contribution in [0.15, 0.2) is 24.3 Å². The van der Waals surface area contributed by atoms with Crippen LogP contribution < -0.4 is 4.74 Å². The fourth-order valence-corrected chi connectivity index (χ4v) is 3.60. The van der Waals surface area contributed by atoms with Crippen LogP contribution in [0.5, 0.6) is 5.75 Å². The molecule has 2 aliphatic heterocycles. The van der Waals surface area contributed by atoms with Gasteiger partial charge in [0.15, 0.2) is 0 Å². The van der Waals surface area contributed by atoms with Crippen LogP contribution in [0.4, 0.5) is 0 Å². The minimum Gasteiger partial charge on any atom is -0.496 e. The molecule has 2 atom stereocenters. The molecule has 1 amide bonds. The fourth-order valence-electron chi connectivity index (χ4n) is 3.60. The standard InChI is InChI=1S/C18H24N2O5/c1-24-16-5-3-2-4-13(16)14-10-20(11-15(14)18(22)23)17(21)12-19-6-8-25-9-7-19/h2-5,14-15H,6-12H2,1H3,(H,22,23)/t14-,15+/m0/s1. The maximum absolute atomic E-state index is 12.6. The molecule has 1 aromatic carbocycles. The molecule has 7 nitrogen and oxygen atoms in total. The molecule has 1 aromatic rings. The van der Waals surface area contributed by atoms with Gasteiger partial charge in [-0.3, -0.25) is 14.5 Å². The molecule has 0 spiro atoms. The number of aliphatic carboxylic acids is 1. The minimum atomic E-state index is -0.877. The molecule has 2 aliphatic rings. The van der Waals surface area contributed by atoms with Crippen LogP contribution in [0.3, 0.4) is 0 Å². The van der Waals surface area contributed by atoms with Crippen molar-refractivity contribution in [3.05, 3.63) is 29.8 Å². The average Bonchev–Trinajstić information content (AvgIpc) is 3.08. The minimum absolute atomic E-state index is 0.0226. The Bertz CT molecular complexity index is 630. The highest BCUT2D eigenvalue weighted by atomic mass is 16.5. The van der Waals surface area contributed by atoms with Gasteiger partial charge in [-0.15, -0.1) is 0 Å². The second-order valence-corrected chi connectivity index (χ2v) is 6.48. The second kappa shape index (κ2) is 7.84. The first-order valence-electron chi connectivity index (χ1n) is 8.53. The Morgan fingerprint density at radius 2 is 1.96 bits per heavy atom. The van der Waals surface area contributed by atoms with Gasteiger partial charge >= 0.3 is 5.97 Å². The van der Waals surface area contributed by atoms with Crippen LogP contribution in [-0.2, 0) is 14.3 Å². The van der Waals surface area contributed by atoms with E-state index in [0.717, 1.165) is 18.7 Å². The van der Waals surface area contributed by atoms with E-state index >= 15 is 0 Å². The summed E-state index contributed by atoms with van der Waals surface area (Å²) in [5, 5.41) is 9.62. The fraction of sp³-hybridized carbons (Fsp3) is 0.556. The van der Waals surface area contributed by atoms with Crippen molar-refractivity contribution in [2.24, 2.45) is 5.92 Å². The molecule has 0 radical (unpaired) electrons. The monoisotopic (exact) mass is 348 g/mol. The van der Waals surface area contributed by atoms with E-state index in [1.807, 2.05) is 24.3 Å². The number of carboxylic acid groups (broad SMARTS) is 1. The number of carboxylic acids is 1. The summed E-state index contributed by atoms with van der Waals surface area (Å²) in [6.07, 6.45) is 0. The number of carbonyl (C=O) groups is 2. The highest BCUT2D eigenvalue weighted by molar-refractivity contribution is 5.81. The third-order valence-electron chi connectivity index (χ3n) is 4.99. The molecule has 2 saturated heterocycles. The van der Waals surface area contributed by atoms with E-state index in [1.54, 1.807) is 12.0 Å². The van der Waals surface area contributed by atoms with Crippen molar-refractivity contribution in [2.45, 2.75) is 5.92 Å². The number of carbonyl (C=O) groups excluding carboxylic acids is 1. The molecule has 3 rings (SSSR count). The highest BCUT2D eigenvalue weighted by Crippen LogP contribution is 2.37. The van der Waals surface area contributed by atoms with E-state index < -0.39 is 11.9 Å². The van der Waals surface area contributed by atoms with Crippen LogP contribution in [0.2, 0.25) is 0 Å². The zero-order valence-corrected chi connectivity index (χ0v) is 14.4. The number of rotatable bonds is 5. The third kappa shape index (κ3) is 3.93. The molecular weight excluding hydrogens is 324 g/mol. The van der Waals surface area contributed by atoms with Crippen molar-refractivity contribution < 1.29 is 24.2 Å². The van der Waals surface area contributed by atoms with Crippen LogP contribution in [0.1, 0.15) is 11.5 Å². The lowest BCUT2D eigenvalue weighted by molar-refractivity contribution is -0.142. The molecule has 0 bridgehead atoms. The van der Waals surface area contributed by atoms with E-state index in [9.17, 15) is 14.7 Å². The van der Waals surface area contributed by atoms with Crippen LogP contribution in [0.25, 0.3) is 0 Å². The average molecular weight is 348 g/mol. The third-order valence-corrected chi connectivity index (χ3v) is 4.99. The number of likely N-dealkylation sites (tertiary alicyclic amines) is 1. The summed E-state index contributed by atoms with van der Waals surface area (Å²) in [6.45, 7) is 3.69. The number of hydrogen-bond donors (Lipinski definition) is 1. The molecule has 0 aromatic heterocycles. The number of nitrogens with zero attached hydrogens (tertiary/aromatic N) is 2. The van der Waals surface area contributed by atoms with Gasteiger partial charge in [0, 0.05) is 32.1 Å². The summed E-state index contributed by atoms with van der Waals surface area (Å²) in [4.78, 5) is 28.1. The van der Waals surface area contributed by atoms with Crippen molar-refractivity contribution in [1.82, 2.24) is 9.80 Å². The van der Waals surface area contributed by atoms with Gasteiger partial charge in [-0.05, 0) is 11.6 Å². The number of methoxy groups -OCH3 is 1. The van der Waals surface area contributed by atoms with Gasteiger partial charge in [0.2, 0.25) is 5.91 Å². The summed E-state index contributed by atoms with van der Waals surface area (Å²) in [5.74, 6) is -1.11. The topological polar surface area (TPSA) is 79.3 Å². The quantitative estimate of drug-likeness (QED) is 0.842. The van der Waals surface area contributed by atoms with Gasteiger partial charge in [0.05, 0.1) is 32.8 Å². The van der Waals surface area contributed by atoms with Crippen molar-refractivity contribution in [3.8, 4) is 5.75 Å². The van der Waals surface area contributed by atoms with Crippen LogP contribution in [0, 0.1) is 5.92 Å². The highest BCUT2D eigenvalue weighted by Gasteiger charge is 2.41. The van der Waals surface area contributed by atoms with Gasteiger partial charge in [0.1, 0.15) is 5.75 Å². The van der Waals surface area contributed by atoms with E-state index in [4.69, 9.17) is 9.47 Å². The first-order chi connectivity index (χ1) is 12.1. The Kier molecular flexibility index (Phi) is 5.55. The molecule has 1 N–H and O–H groups in total. The van der Waals surface area contributed by atoms with Gasteiger partial charge < -0.3 is 19.5 Å². The molecule has 7 heteroatoms. The zero-order valence-electron chi connectivity index (χ0n) is 14.4. The molecule has 0 unspecified atom stereocenters. The van der Waals surface area contributed by atoms with Gasteiger partial charge in [-0.2, -0.15) is 0 Å². The normalized spacial score (nSPS) is 24.3. The number of benzene rings is 1. The Hall–Kier alpha value is -2.12. The number of hydrogen-bond acceptors (Lipinski definition) is 5. The molecule has 25 heavy (non-hydrogen) atoms. The zero-order chi connectivity index (χ0) is 17.8. The molecule has 0 saturated carbocycles. The maximum Gasteiger partial charge on any atom is 0.308 e. The number of ether oxygens (including phenoxy) is 2. The number of amides is 1. The smallest absolute Gasteiger partial charge is 0.308 e. The SMILES string of the molecule is COc1ccccc1[C@@H]1CN(C(=O)CN2CCOCC2)C[C@H]1C(=O)O. The van der Waals surface area contributed by atoms with Gasteiger partial charge in [-0.25, -0.2) is 0 Å². The van der Waals surface area contributed by atoms with Crippen molar-refractivity contribution in [2.75, 3.05) is 53.0 Å². The maximum atomic E-state index is 12.6. The Morgan fingerprint density at radius 3 is 2.64 bits per heavy atom. The summed E-state index contributed by atoms with van der Waals surface area (Å²) in [5.41, 5.74) is 0.846. The predicted octanol–water partition coefficient (Wildman–Crippen LogP) is 0.654. The first kappa shape index (κ1) is 17.7. The van der Waals surface area contributed by atoms with Crippen molar-refractivity contribution in [3.63, 3.8) is 0 Å². The van der Waals surface area contributed by atoms with Crippen LogP contribution in [-0.4, -0.2) is 79.8 Å². The summed E-state index contributed by atoms with van der Waals surface area (Å²) < 4.78 is 10.7. The van der Waals surface area contributed by atoms with Gasteiger partial charge in [0.25, 0.3) is 0 Å². The molecule has 2 fully saturated rings. The lowest BCUT2D eigenvalue weighted by Gasteiger charge is -2.28. The largest absolute Gasteiger partial charge is 0.496 e. The first-order valence-corrected chi connectivity index (χ1v) is 8.53. The second-order valence-electron chi connectivity index (χ2n) is 6.48. The van der Waals surface area contributed by atoms with Crippen molar-refractivity contribution in [1.29, 1.82) is 0 Å². The van der Waals surface area contributed by atoms with E-state index in [0.29, 0.717) is 32.1 Å². The predicted molar refractivity (Wildman–Crippen MR) is 90.7 cm³/mol. The summed E-state index contributed by atoms with van der Waals surface area (Å²) >= 11 is 0. The Balaban J connectivity index is 1.73. The Labute approximate surface area is 147 Å². The van der Waals surface area contributed by atoms with E-state index in [1.165, 1.54) is 0 Å². The van der Waals surface area contributed by atoms with Crippen LogP contribution >= 0.6 is 0 Å². The Morgan fingerprint density at radius 1 is 1.24 bits per heavy atom. The molecule has 0 aliphatic carbocycles. The van der Waals surface area contributed by atoms with Gasteiger partial charge in [-0.1, -0.05) is 18.2 Å². The molecule has 136 valence electrons. The number of morpholine rings is 1. The lowest BCUT2D eigenvalue weighted by atomic mass is 9.88. The molecule has 2 heterocycles. The summed E-state index contributed by atoms with van der Waals surface area (Å²) in [6, 6.07) is 7.44. The van der Waals surface area contributed by atoms with Crippen molar-refractivity contribution >= 4 is 11.9 Å².